The van der Waals surface area contributed by atoms with Crippen molar-refractivity contribution in [2.75, 3.05) is 42.6 Å². The lowest BCUT2D eigenvalue weighted by Gasteiger charge is -2.20. The van der Waals surface area contributed by atoms with Crippen LogP contribution < -0.4 is 0 Å². The Hall–Kier alpha value is -0.130. The van der Waals surface area contributed by atoms with Gasteiger partial charge in [0.1, 0.15) is 0 Å². The fourth-order valence-corrected chi connectivity index (χ4v) is 3.16. The molecule has 0 aromatic rings. The molecule has 18 heavy (non-hydrogen) atoms. The second-order valence-electron chi connectivity index (χ2n) is 3.96. The van der Waals surface area contributed by atoms with Crippen molar-refractivity contribution in [2.24, 2.45) is 0 Å². The molecule has 0 aliphatic heterocycles. The number of thioether (sulfide) groups is 2. The second-order valence-corrected chi connectivity index (χ2v) is 6.41. The quantitative estimate of drug-likeness (QED) is 0.417. The van der Waals surface area contributed by atoms with Gasteiger partial charge in [0.2, 0.25) is 0 Å². The number of rotatable bonds is 13. The zero-order valence-electron chi connectivity index (χ0n) is 11.3. The molecule has 0 rings (SSSR count). The predicted molar refractivity (Wildman–Crippen MR) is 83.8 cm³/mol. The average Bonchev–Trinajstić information content (AvgIpc) is 2.33. The van der Waals surface area contributed by atoms with Crippen molar-refractivity contribution in [1.82, 2.24) is 4.90 Å². The number of carboxylic acids is 1. The van der Waals surface area contributed by atoms with Crippen LogP contribution in [-0.2, 0) is 4.79 Å². The molecule has 0 amide bonds. The van der Waals surface area contributed by atoms with Crippen molar-refractivity contribution in [3.05, 3.63) is 12.7 Å². The lowest BCUT2D eigenvalue weighted by molar-refractivity contribution is -0.136. The Labute approximate surface area is 119 Å². The van der Waals surface area contributed by atoms with Gasteiger partial charge in [-0.1, -0.05) is 13.0 Å². The molecule has 0 unspecified atom stereocenters. The van der Waals surface area contributed by atoms with E-state index in [-0.39, 0.29) is 6.42 Å². The summed E-state index contributed by atoms with van der Waals surface area (Å²) in [5, 5.41) is 8.53. The summed E-state index contributed by atoms with van der Waals surface area (Å²) in [5.41, 5.74) is 0. The molecule has 106 valence electrons. The first-order valence-electron chi connectivity index (χ1n) is 6.41. The van der Waals surface area contributed by atoms with Crippen molar-refractivity contribution < 1.29 is 9.90 Å². The van der Waals surface area contributed by atoms with Gasteiger partial charge in [0.15, 0.2) is 0 Å². The number of carbonyl (C=O) groups is 1. The van der Waals surface area contributed by atoms with Crippen LogP contribution in [0.25, 0.3) is 0 Å². The molecule has 0 aromatic carbocycles. The molecule has 0 bridgehead atoms. The minimum absolute atomic E-state index is 0.262. The van der Waals surface area contributed by atoms with Gasteiger partial charge < -0.3 is 5.11 Å². The first-order valence-corrected chi connectivity index (χ1v) is 8.72. The molecule has 3 nitrogen and oxygen atoms in total. The first-order chi connectivity index (χ1) is 8.70. The SMILES string of the molecule is C=CCN(CCSCCC)CCSCCC(=O)O. The number of nitrogens with zero attached hydrogens (tertiary/aromatic N) is 1. The zero-order valence-corrected chi connectivity index (χ0v) is 12.9. The Morgan fingerprint density at radius 1 is 1.22 bits per heavy atom. The van der Waals surface area contributed by atoms with Gasteiger partial charge in [-0.3, -0.25) is 9.69 Å². The summed E-state index contributed by atoms with van der Waals surface area (Å²) in [7, 11) is 0. The van der Waals surface area contributed by atoms with E-state index in [4.69, 9.17) is 5.11 Å². The van der Waals surface area contributed by atoms with E-state index in [1.807, 2.05) is 17.8 Å². The fraction of sp³-hybridized carbons (Fsp3) is 0.769. The molecular weight excluding hydrogens is 266 g/mol. The normalized spacial score (nSPS) is 10.8. The van der Waals surface area contributed by atoms with Gasteiger partial charge in [-0.25, -0.2) is 0 Å². The Balaban J connectivity index is 3.55. The maximum Gasteiger partial charge on any atom is 0.304 e. The van der Waals surface area contributed by atoms with Crippen LogP contribution in [0, 0.1) is 0 Å². The van der Waals surface area contributed by atoms with Gasteiger partial charge in [-0.05, 0) is 12.2 Å². The molecule has 0 atom stereocenters. The van der Waals surface area contributed by atoms with Gasteiger partial charge in [-0.2, -0.15) is 23.5 Å². The molecular formula is C13H25NO2S2. The molecule has 0 fully saturated rings. The van der Waals surface area contributed by atoms with Crippen LogP contribution in [0.4, 0.5) is 0 Å². The van der Waals surface area contributed by atoms with Gasteiger partial charge >= 0.3 is 5.97 Å². The van der Waals surface area contributed by atoms with Crippen molar-refractivity contribution in [1.29, 1.82) is 0 Å². The lowest BCUT2D eigenvalue weighted by Crippen LogP contribution is -2.29. The van der Waals surface area contributed by atoms with Gasteiger partial charge in [-0.15, -0.1) is 6.58 Å². The first kappa shape index (κ1) is 17.9. The Morgan fingerprint density at radius 3 is 2.33 bits per heavy atom. The van der Waals surface area contributed by atoms with Crippen molar-refractivity contribution in [3.63, 3.8) is 0 Å². The largest absolute Gasteiger partial charge is 0.481 e. The third kappa shape index (κ3) is 12.3. The maximum absolute atomic E-state index is 10.4. The summed E-state index contributed by atoms with van der Waals surface area (Å²) >= 11 is 3.71. The average molecular weight is 291 g/mol. The number of hydrogen-bond donors (Lipinski definition) is 1. The lowest BCUT2D eigenvalue weighted by atomic mass is 10.5. The van der Waals surface area contributed by atoms with E-state index in [0.29, 0.717) is 5.75 Å². The van der Waals surface area contributed by atoms with E-state index in [9.17, 15) is 4.79 Å². The molecule has 5 heteroatoms. The summed E-state index contributed by atoms with van der Waals surface area (Å²) in [6.45, 7) is 9.01. The second kappa shape index (κ2) is 13.3. The molecule has 0 heterocycles. The minimum atomic E-state index is -0.707. The monoisotopic (exact) mass is 291 g/mol. The summed E-state index contributed by atoms with van der Waals surface area (Å²) in [5.74, 6) is 3.40. The molecule has 0 aromatic heterocycles. The van der Waals surface area contributed by atoms with Crippen LogP contribution in [0.5, 0.6) is 0 Å². The third-order valence-electron chi connectivity index (χ3n) is 2.30. The third-order valence-corrected chi connectivity index (χ3v) is 4.43. The number of hydrogen-bond acceptors (Lipinski definition) is 4. The maximum atomic E-state index is 10.4. The summed E-state index contributed by atoms with van der Waals surface area (Å²) in [6.07, 6.45) is 3.43. The highest BCUT2D eigenvalue weighted by atomic mass is 32.2. The molecule has 0 saturated carbocycles. The molecule has 0 aliphatic rings. The molecule has 0 radical (unpaired) electrons. The Bertz CT molecular complexity index is 225. The Morgan fingerprint density at radius 2 is 1.83 bits per heavy atom. The summed E-state index contributed by atoms with van der Waals surface area (Å²) in [6, 6.07) is 0. The van der Waals surface area contributed by atoms with Gasteiger partial charge in [0.25, 0.3) is 0 Å². The number of aliphatic carboxylic acids is 1. The number of carboxylic acid groups (broad SMARTS) is 1. The van der Waals surface area contributed by atoms with Crippen LogP contribution in [0.2, 0.25) is 0 Å². The topological polar surface area (TPSA) is 40.5 Å². The van der Waals surface area contributed by atoms with E-state index < -0.39 is 5.97 Å². The predicted octanol–water partition coefficient (Wildman–Crippen LogP) is 2.83. The molecule has 0 aliphatic carbocycles. The van der Waals surface area contributed by atoms with Crippen LogP contribution in [0.1, 0.15) is 19.8 Å². The van der Waals surface area contributed by atoms with Crippen LogP contribution >= 0.6 is 23.5 Å². The van der Waals surface area contributed by atoms with Crippen molar-refractivity contribution in [3.8, 4) is 0 Å². The highest BCUT2D eigenvalue weighted by molar-refractivity contribution is 7.99. The standard InChI is InChI=1S/C13H25NO2S2/c1-3-6-14(7-11-17-9-4-2)8-12-18-10-5-13(15)16/h3H,1,4-12H2,2H3,(H,15,16). The van der Waals surface area contributed by atoms with Crippen LogP contribution in [0.15, 0.2) is 12.7 Å². The van der Waals surface area contributed by atoms with E-state index in [1.165, 1.54) is 17.9 Å². The summed E-state index contributed by atoms with van der Waals surface area (Å²) < 4.78 is 0. The fourth-order valence-electron chi connectivity index (χ4n) is 1.37. The van der Waals surface area contributed by atoms with Crippen LogP contribution in [0.3, 0.4) is 0 Å². The van der Waals surface area contributed by atoms with E-state index in [1.54, 1.807) is 11.8 Å². The zero-order chi connectivity index (χ0) is 13.6. The van der Waals surface area contributed by atoms with E-state index in [0.717, 1.165) is 25.4 Å². The molecule has 0 spiro atoms. The van der Waals surface area contributed by atoms with E-state index >= 15 is 0 Å². The van der Waals surface area contributed by atoms with Crippen LogP contribution in [-0.4, -0.2) is 58.6 Å². The summed E-state index contributed by atoms with van der Waals surface area (Å²) in [4.78, 5) is 12.7. The van der Waals surface area contributed by atoms with E-state index in [2.05, 4.69) is 18.4 Å². The molecule has 0 saturated heterocycles. The molecule has 1 N–H and O–H groups in total. The minimum Gasteiger partial charge on any atom is -0.481 e. The van der Waals surface area contributed by atoms with Crippen molar-refractivity contribution >= 4 is 29.5 Å². The van der Waals surface area contributed by atoms with Gasteiger partial charge in [0.05, 0.1) is 6.42 Å². The highest BCUT2D eigenvalue weighted by Crippen LogP contribution is 2.06. The van der Waals surface area contributed by atoms with Gasteiger partial charge in [0, 0.05) is 36.9 Å². The van der Waals surface area contributed by atoms with Crippen molar-refractivity contribution in [2.45, 2.75) is 19.8 Å². The smallest absolute Gasteiger partial charge is 0.304 e. The highest BCUT2D eigenvalue weighted by Gasteiger charge is 2.03. The Kier molecular flexibility index (Phi) is 13.2.